The number of aliphatic hydroxyl groups excluding tert-OH is 3. The fourth-order valence-electron chi connectivity index (χ4n) is 2.81. The summed E-state index contributed by atoms with van der Waals surface area (Å²) in [7, 11) is 0. The first-order valence-corrected chi connectivity index (χ1v) is 9.44. The van der Waals surface area contributed by atoms with Crippen molar-refractivity contribution in [3.8, 4) is 0 Å². The van der Waals surface area contributed by atoms with Crippen LogP contribution >= 0.6 is 0 Å². The molecule has 5 nitrogen and oxygen atoms in total. The lowest BCUT2D eigenvalue weighted by atomic mass is 9.96. The van der Waals surface area contributed by atoms with Crippen LogP contribution in [0.25, 0.3) is 0 Å². The number of hydrogen-bond donors (Lipinski definition) is 4. The molecule has 3 atom stereocenters. The number of unbranched alkanes of at least 4 members (excludes halogenated alkanes) is 2. The average Bonchev–Trinajstić information content (AvgIpc) is 2.85. The van der Waals surface area contributed by atoms with Crippen molar-refractivity contribution in [2.45, 2.75) is 76.6 Å². The monoisotopic (exact) mass is 364 g/mol. The minimum Gasteiger partial charge on any atom is -0.481 e. The first-order chi connectivity index (χ1) is 12.4. The predicted molar refractivity (Wildman–Crippen MR) is 103 cm³/mol. The zero-order valence-electron chi connectivity index (χ0n) is 15.6. The summed E-state index contributed by atoms with van der Waals surface area (Å²) < 4.78 is 0. The summed E-state index contributed by atoms with van der Waals surface area (Å²) in [6.45, 7) is 2.13. The Morgan fingerprint density at radius 3 is 2.54 bits per heavy atom. The third-order valence-electron chi connectivity index (χ3n) is 4.44. The molecule has 0 heterocycles. The van der Waals surface area contributed by atoms with Crippen LogP contribution in [-0.4, -0.2) is 44.7 Å². The number of aliphatic hydroxyl groups is 3. The lowest BCUT2D eigenvalue weighted by molar-refractivity contribution is -0.137. The minimum atomic E-state index is -1.04. The molecular formula is C21H32O5. The highest BCUT2D eigenvalue weighted by atomic mass is 16.4. The standard InChI is InChI=1S/C21H32O5/c1-2-3-4-10-18(22)17-9-6-5-8-16(15-17)13-14-20(24)19(23)11-7-12-21(25)26/h5-6,8-9,13-14,18-20,22-24H,2-4,7,10-12,15H2,1H3,(H,25,26)/b14-13+/t18-,19-,20+/m0/s1. The summed E-state index contributed by atoms with van der Waals surface area (Å²) in [5.41, 5.74) is 1.89. The molecule has 0 saturated carbocycles. The van der Waals surface area contributed by atoms with Crippen LogP contribution in [0.3, 0.4) is 0 Å². The van der Waals surface area contributed by atoms with E-state index < -0.39 is 24.3 Å². The van der Waals surface area contributed by atoms with Crippen molar-refractivity contribution in [2.24, 2.45) is 0 Å². The molecule has 1 rings (SSSR count). The van der Waals surface area contributed by atoms with Crippen molar-refractivity contribution in [3.63, 3.8) is 0 Å². The number of carboxylic acid groups (broad SMARTS) is 1. The molecule has 0 amide bonds. The van der Waals surface area contributed by atoms with Crippen molar-refractivity contribution in [2.75, 3.05) is 0 Å². The molecule has 0 fully saturated rings. The Kier molecular flexibility index (Phi) is 10.9. The first-order valence-electron chi connectivity index (χ1n) is 9.44. The van der Waals surface area contributed by atoms with Gasteiger partial charge in [-0.05, 0) is 36.8 Å². The van der Waals surface area contributed by atoms with E-state index in [4.69, 9.17) is 5.11 Å². The number of carbonyl (C=O) groups is 1. The van der Waals surface area contributed by atoms with Crippen LogP contribution in [0, 0.1) is 0 Å². The van der Waals surface area contributed by atoms with Gasteiger partial charge in [0.05, 0.1) is 18.3 Å². The molecule has 1 aliphatic rings. The van der Waals surface area contributed by atoms with Gasteiger partial charge in [-0.1, -0.05) is 62.6 Å². The lowest BCUT2D eigenvalue weighted by Gasteiger charge is -2.16. The van der Waals surface area contributed by atoms with Gasteiger partial charge in [-0.25, -0.2) is 0 Å². The third kappa shape index (κ3) is 9.13. The minimum absolute atomic E-state index is 0.0203. The topological polar surface area (TPSA) is 98.0 Å². The third-order valence-corrected chi connectivity index (χ3v) is 4.44. The van der Waals surface area contributed by atoms with Crippen LogP contribution in [-0.2, 0) is 4.79 Å². The lowest BCUT2D eigenvalue weighted by Crippen LogP contribution is -2.23. The normalized spacial score (nSPS) is 18.2. The molecule has 0 bridgehead atoms. The second kappa shape index (κ2) is 12.6. The first kappa shape index (κ1) is 22.4. The number of allylic oxidation sites excluding steroid dienone is 6. The maximum atomic E-state index is 10.5. The Bertz CT molecular complexity index is 545. The van der Waals surface area contributed by atoms with Crippen LogP contribution in [0.2, 0.25) is 0 Å². The molecule has 0 aromatic carbocycles. The number of rotatable bonds is 12. The number of hydrogen-bond acceptors (Lipinski definition) is 4. The van der Waals surface area contributed by atoms with E-state index in [-0.39, 0.29) is 12.8 Å². The zero-order chi connectivity index (χ0) is 19.4. The molecule has 26 heavy (non-hydrogen) atoms. The Morgan fingerprint density at radius 2 is 1.85 bits per heavy atom. The zero-order valence-corrected chi connectivity index (χ0v) is 15.6. The maximum absolute atomic E-state index is 10.5. The molecule has 0 unspecified atom stereocenters. The van der Waals surface area contributed by atoms with E-state index in [0.29, 0.717) is 12.8 Å². The SMILES string of the molecule is CCCCC[C@H](O)C1=CC=CC=C(/C=C/[C@@H](O)[C@@H](O)CCCC(=O)O)C1. The van der Waals surface area contributed by atoms with Gasteiger partial charge in [0.25, 0.3) is 0 Å². The summed E-state index contributed by atoms with van der Waals surface area (Å²) in [6, 6.07) is 0. The van der Waals surface area contributed by atoms with E-state index in [2.05, 4.69) is 6.92 Å². The highest BCUT2D eigenvalue weighted by Crippen LogP contribution is 2.22. The molecular weight excluding hydrogens is 332 g/mol. The summed E-state index contributed by atoms with van der Waals surface area (Å²) in [4.78, 5) is 10.5. The Balaban J connectivity index is 2.53. The van der Waals surface area contributed by atoms with Crippen LogP contribution in [0.5, 0.6) is 0 Å². The largest absolute Gasteiger partial charge is 0.481 e. The van der Waals surface area contributed by atoms with Gasteiger partial charge in [0.1, 0.15) is 0 Å². The highest BCUT2D eigenvalue weighted by molar-refractivity contribution is 5.66. The molecule has 0 aromatic heterocycles. The van der Waals surface area contributed by atoms with Crippen LogP contribution in [0.15, 0.2) is 47.6 Å². The molecule has 0 aliphatic heterocycles. The van der Waals surface area contributed by atoms with Gasteiger partial charge in [-0.3, -0.25) is 4.79 Å². The Hall–Kier alpha value is -1.69. The van der Waals surface area contributed by atoms with E-state index in [0.717, 1.165) is 36.8 Å². The number of carboxylic acids is 1. The summed E-state index contributed by atoms with van der Waals surface area (Å²) in [6.07, 6.45) is 13.5. The smallest absolute Gasteiger partial charge is 0.303 e. The van der Waals surface area contributed by atoms with Crippen LogP contribution < -0.4 is 0 Å². The van der Waals surface area contributed by atoms with E-state index in [1.165, 1.54) is 6.08 Å². The second-order valence-electron chi connectivity index (χ2n) is 6.76. The van der Waals surface area contributed by atoms with Crippen molar-refractivity contribution in [1.82, 2.24) is 0 Å². The van der Waals surface area contributed by atoms with Gasteiger partial charge in [0, 0.05) is 6.42 Å². The van der Waals surface area contributed by atoms with Gasteiger partial charge >= 0.3 is 5.97 Å². The number of aliphatic carboxylic acids is 1. The average molecular weight is 364 g/mol. The van der Waals surface area contributed by atoms with E-state index in [1.54, 1.807) is 6.08 Å². The quantitative estimate of drug-likeness (QED) is 0.398. The van der Waals surface area contributed by atoms with Gasteiger partial charge < -0.3 is 20.4 Å². The highest BCUT2D eigenvalue weighted by Gasteiger charge is 2.15. The molecule has 5 heteroatoms. The molecule has 0 spiro atoms. The molecule has 0 radical (unpaired) electrons. The van der Waals surface area contributed by atoms with E-state index >= 15 is 0 Å². The Morgan fingerprint density at radius 1 is 1.12 bits per heavy atom. The molecule has 0 saturated heterocycles. The van der Waals surface area contributed by atoms with Gasteiger partial charge in [0.2, 0.25) is 0 Å². The second-order valence-corrected chi connectivity index (χ2v) is 6.76. The molecule has 0 aromatic rings. The van der Waals surface area contributed by atoms with Crippen LogP contribution in [0.4, 0.5) is 0 Å². The van der Waals surface area contributed by atoms with Crippen molar-refractivity contribution in [3.05, 3.63) is 47.6 Å². The predicted octanol–water partition coefficient (Wildman–Crippen LogP) is 3.27. The van der Waals surface area contributed by atoms with Gasteiger partial charge in [-0.15, -0.1) is 0 Å². The van der Waals surface area contributed by atoms with E-state index in [9.17, 15) is 20.1 Å². The fraction of sp³-hybridized carbons (Fsp3) is 0.571. The molecule has 1 aliphatic carbocycles. The van der Waals surface area contributed by atoms with Crippen LogP contribution in [0.1, 0.15) is 58.3 Å². The summed E-state index contributed by atoms with van der Waals surface area (Å²) in [5.74, 6) is -0.908. The van der Waals surface area contributed by atoms with E-state index in [1.807, 2.05) is 24.3 Å². The summed E-state index contributed by atoms with van der Waals surface area (Å²) in [5, 5.41) is 38.9. The molecule has 146 valence electrons. The Labute approximate surface area is 156 Å². The van der Waals surface area contributed by atoms with Gasteiger partial charge in [-0.2, -0.15) is 0 Å². The van der Waals surface area contributed by atoms with Crippen molar-refractivity contribution < 1.29 is 25.2 Å². The maximum Gasteiger partial charge on any atom is 0.303 e. The van der Waals surface area contributed by atoms with Crippen molar-refractivity contribution in [1.29, 1.82) is 0 Å². The fourth-order valence-corrected chi connectivity index (χ4v) is 2.81. The van der Waals surface area contributed by atoms with Crippen molar-refractivity contribution >= 4 is 5.97 Å². The van der Waals surface area contributed by atoms with Gasteiger partial charge in [0.15, 0.2) is 0 Å². The summed E-state index contributed by atoms with van der Waals surface area (Å²) >= 11 is 0. The molecule has 4 N–H and O–H groups in total.